The molecule has 11 heteroatoms. The van der Waals surface area contributed by atoms with Gasteiger partial charge >= 0.3 is 0 Å². The minimum Gasteiger partial charge on any atom is -0.497 e. The van der Waals surface area contributed by atoms with Gasteiger partial charge in [-0.3, -0.25) is 14.3 Å². The summed E-state index contributed by atoms with van der Waals surface area (Å²) in [6, 6.07) is 9.08. The molecule has 10 nitrogen and oxygen atoms in total. The number of amides is 1. The lowest BCUT2D eigenvalue weighted by Crippen LogP contribution is -2.30. The zero-order valence-corrected chi connectivity index (χ0v) is 22.7. The third-order valence-electron chi connectivity index (χ3n) is 6.88. The topological polar surface area (TPSA) is 116 Å². The minimum atomic E-state index is -4.18. The first-order valence-corrected chi connectivity index (χ1v) is 13.6. The van der Waals surface area contributed by atoms with Gasteiger partial charge < -0.3 is 14.2 Å². The summed E-state index contributed by atoms with van der Waals surface area (Å²) in [7, 11) is 0.877. The second-order valence-corrected chi connectivity index (χ2v) is 11.2. The highest BCUT2D eigenvalue weighted by Gasteiger charge is 2.28. The van der Waals surface area contributed by atoms with E-state index in [9.17, 15) is 18.0 Å². The number of aryl methyl sites for hydroxylation is 4. The number of hydrogen-bond donors (Lipinski definition) is 1. The van der Waals surface area contributed by atoms with Crippen molar-refractivity contribution in [3.05, 3.63) is 64.2 Å². The Morgan fingerprint density at radius 2 is 1.87 bits per heavy atom. The number of pyridine rings is 1. The maximum atomic E-state index is 13.4. The molecular formula is C27H29N5O5S. The predicted octanol–water partition coefficient (Wildman–Crippen LogP) is 3.17. The van der Waals surface area contributed by atoms with E-state index in [1.165, 1.54) is 6.92 Å². The first-order chi connectivity index (χ1) is 18.0. The Kier molecular flexibility index (Phi) is 6.26. The largest absolute Gasteiger partial charge is 0.497 e. The number of rotatable bonds is 5. The van der Waals surface area contributed by atoms with Crippen molar-refractivity contribution in [3.8, 4) is 16.9 Å². The number of hydrogen-bond acceptors (Lipinski definition) is 7. The third kappa shape index (κ3) is 4.32. The first-order valence-electron chi connectivity index (χ1n) is 12.2. The summed E-state index contributed by atoms with van der Waals surface area (Å²) in [5.41, 5.74) is 4.81. The molecule has 1 aliphatic rings. The average Bonchev–Trinajstić information content (AvgIpc) is 3.31. The fourth-order valence-electron chi connectivity index (χ4n) is 5.13. The summed E-state index contributed by atoms with van der Waals surface area (Å²) in [4.78, 5) is 26.5. The quantitative estimate of drug-likeness (QED) is 0.417. The van der Waals surface area contributed by atoms with Crippen LogP contribution >= 0.6 is 0 Å². The van der Waals surface area contributed by atoms with Gasteiger partial charge in [-0.05, 0) is 43.5 Å². The molecule has 0 atom stereocenters. The average molecular weight is 536 g/mol. The molecule has 1 N–H and O–H groups in total. The monoisotopic (exact) mass is 535 g/mol. The van der Waals surface area contributed by atoms with Crippen LogP contribution in [0.3, 0.4) is 0 Å². The minimum absolute atomic E-state index is 0.0119. The second-order valence-electron chi connectivity index (χ2n) is 9.57. The summed E-state index contributed by atoms with van der Waals surface area (Å²) in [5, 5.41) is 5.06. The number of fused-ring (bicyclic) bond motifs is 2. The molecule has 2 aromatic carbocycles. The van der Waals surface area contributed by atoms with Gasteiger partial charge in [0.05, 0.1) is 29.4 Å². The highest BCUT2D eigenvalue weighted by molar-refractivity contribution is 7.90. The summed E-state index contributed by atoms with van der Waals surface area (Å²) >= 11 is 0. The van der Waals surface area contributed by atoms with Gasteiger partial charge in [-0.15, -0.1) is 0 Å². The van der Waals surface area contributed by atoms with Crippen LogP contribution in [0.2, 0.25) is 0 Å². The van der Waals surface area contributed by atoms with Crippen molar-refractivity contribution in [2.24, 2.45) is 14.1 Å². The van der Waals surface area contributed by atoms with Gasteiger partial charge in [0.15, 0.2) is 0 Å². The van der Waals surface area contributed by atoms with Crippen molar-refractivity contribution < 1.29 is 17.9 Å². The molecule has 38 heavy (non-hydrogen) atoms. The van der Waals surface area contributed by atoms with E-state index in [1.807, 2.05) is 24.3 Å². The number of nitrogens with one attached hydrogen (secondary N) is 1. The molecule has 0 bridgehead atoms. The molecule has 5 rings (SSSR count). The Hall–Kier alpha value is -4.12. The van der Waals surface area contributed by atoms with Crippen LogP contribution in [-0.4, -0.2) is 42.3 Å². The zero-order valence-electron chi connectivity index (χ0n) is 21.9. The van der Waals surface area contributed by atoms with E-state index in [0.717, 1.165) is 29.5 Å². The van der Waals surface area contributed by atoms with Gasteiger partial charge in [0, 0.05) is 73.7 Å². The number of anilines is 2. The van der Waals surface area contributed by atoms with Crippen molar-refractivity contribution in [1.29, 1.82) is 0 Å². The number of ether oxygens (including phenoxy) is 1. The van der Waals surface area contributed by atoms with Crippen LogP contribution in [0.5, 0.6) is 5.75 Å². The summed E-state index contributed by atoms with van der Waals surface area (Å²) in [5.74, 6) is -0.0940. The van der Waals surface area contributed by atoms with Gasteiger partial charge in [0.2, 0.25) is 5.91 Å². The molecule has 0 aliphatic carbocycles. The maximum Gasteiger partial charge on any atom is 0.264 e. The van der Waals surface area contributed by atoms with Crippen molar-refractivity contribution in [2.45, 2.75) is 31.6 Å². The summed E-state index contributed by atoms with van der Waals surface area (Å²) < 4.78 is 37.6. The van der Waals surface area contributed by atoms with Gasteiger partial charge in [-0.1, -0.05) is 0 Å². The SMILES string of the molecule is COc1cc(N2CCCc3cc(-c4cnn(C)c4)c(S(=O)(=O)NC(C)=O)cc32)c2cc(C)c(=O)n(C)c2c1. The van der Waals surface area contributed by atoms with E-state index in [-0.39, 0.29) is 10.5 Å². The Bertz CT molecular complexity index is 1770. The van der Waals surface area contributed by atoms with Crippen LogP contribution in [0, 0.1) is 6.92 Å². The molecule has 0 spiro atoms. The molecule has 0 unspecified atom stereocenters. The number of nitrogens with zero attached hydrogens (tertiary/aromatic N) is 4. The maximum absolute atomic E-state index is 13.4. The number of carbonyl (C=O) groups excluding carboxylic acids is 1. The molecule has 1 aliphatic heterocycles. The van der Waals surface area contributed by atoms with Crippen LogP contribution in [-0.2, 0) is 35.3 Å². The number of benzene rings is 2. The van der Waals surface area contributed by atoms with Crippen molar-refractivity contribution in [1.82, 2.24) is 19.1 Å². The normalized spacial score (nSPS) is 13.4. The molecule has 1 amide bonds. The zero-order chi connectivity index (χ0) is 27.4. The van der Waals surface area contributed by atoms with E-state index in [0.29, 0.717) is 40.2 Å². The van der Waals surface area contributed by atoms with Gasteiger partial charge in [0.25, 0.3) is 15.6 Å². The number of methoxy groups -OCH3 is 1. The molecular weight excluding hydrogens is 506 g/mol. The Morgan fingerprint density at radius 1 is 1.11 bits per heavy atom. The molecule has 3 heterocycles. The molecule has 198 valence electrons. The second kappa shape index (κ2) is 9.32. The van der Waals surface area contributed by atoms with E-state index in [1.54, 1.807) is 55.8 Å². The molecule has 4 aromatic rings. The van der Waals surface area contributed by atoms with Gasteiger partial charge in [0.1, 0.15) is 5.75 Å². The van der Waals surface area contributed by atoms with Crippen molar-refractivity contribution >= 4 is 38.2 Å². The van der Waals surface area contributed by atoms with E-state index in [4.69, 9.17) is 4.74 Å². The van der Waals surface area contributed by atoms with E-state index < -0.39 is 15.9 Å². The Labute approximate surface area is 220 Å². The van der Waals surface area contributed by atoms with Crippen molar-refractivity contribution in [2.75, 3.05) is 18.6 Å². The highest BCUT2D eigenvalue weighted by atomic mass is 32.2. The molecule has 2 aromatic heterocycles. The lowest BCUT2D eigenvalue weighted by atomic mass is 9.96. The number of carbonyl (C=O) groups is 1. The van der Waals surface area contributed by atoms with Crippen molar-refractivity contribution in [3.63, 3.8) is 0 Å². The fourth-order valence-corrected chi connectivity index (χ4v) is 6.35. The van der Waals surface area contributed by atoms with Crippen LogP contribution in [0.25, 0.3) is 22.0 Å². The molecule has 0 fully saturated rings. The Morgan fingerprint density at radius 3 is 2.53 bits per heavy atom. The van der Waals surface area contributed by atoms with Crippen LogP contribution < -0.4 is 19.9 Å². The number of sulfonamides is 1. The smallest absolute Gasteiger partial charge is 0.264 e. The molecule has 0 saturated heterocycles. The molecule has 0 radical (unpaired) electrons. The van der Waals surface area contributed by atoms with Crippen LogP contribution in [0.4, 0.5) is 11.4 Å². The van der Waals surface area contributed by atoms with Gasteiger partial charge in [-0.2, -0.15) is 5.10 Å². The fraction of sp³-hybridized carbons (Fsp3) is 0.296. The highest BCUT2D eigenvalue weighted by Crippen LogP contribution is 2.43. The summed E-state index contributed by atoms with van der Waals surface area (Å²) in [6.07, 6.45) is 4.93. The third-order valence-corrected chi connectivity index (χ3v) is 8.36. The van der Waals surface area contributed by atoms with E-state index >= 15 is 0 Å². The summed E-state index contributed by atoms with van der Waals surface area (Å²) in [6.45, 7) is 3.57. The van der Waals surface area contributed by atoms with E-state index in [2.05, 4.69) is 14.7 Å². The standard InChI is InChI=1S/C27H29N5O5S/c1-16-9-22-24(31(4)27(16)34)11-20(37-5)12-25(22)32-8-6-7-18-10-21(19-14-28-30(3)15-19)26(13-23(18)32)38(35,36)29-17(2)33/h9-15H,6-8H2,1-5H3,(H,29,33). The number of aromatic nitrogens is 3. The lowest BCUT2D eigenvalue weighted by molar-refractivity contribution is -0.117. The van der Waals surface area contributed by atoms with Gasteiger partial charge in [-0.25, -0.2) is 13.1 Å². The Balaban J connectivity index is 1.80. The first kappa shape index (κ1) is 25.5. The van der Waals surface area contributed by atoms with Crippen LogP contribution in [0.15, 0.2) is 52.4 Å². The lowest BCUT2D eigenvalue weighted by Gasteiger charge is -2.33. The predicted molar refractivity (Wildman–Crippen MR) is 145 cm³/mol. The van der Waals surface area contributed by atoms with Crippen LogP contribution in [0.1, 0.15) is 24.5 Å². The molecule has 0 saturated carbocycles.